The van der Waals surface area contributed by atoms with Crippen LogP contribution in [0.3, 0.4) is 0 Å². The minimum atomic E-state index is -0.622. The van der Waals surface area contributed by atoms with Crippen molar-refractivity contribution < 1.29 is 19.1 Å². The minimum Gasteiger partial charge on any atom is -0.454 e. The van der Waals surface area contributed by atoms with E-state index >= 15 is 0 Å². The average molecular weight is 291 g/mol. The molecule has 1 aliphatic carbocycles. The second kappa shape index (κ2) is 5.16. The average Bonchev–Trinajstić information content (AvgIpc) is 3.13. The molecule has 0 saturated heterocycles. The predicted octanol–water partition coefficient (Wildman–Crippen LogP) is 0.394. The van der Waals surface area contributed by atoms with E-state index in [-0.39, 0.29) is 30.0 Å². The number of hydrogen-bond donors (Lipinski definition) is 3. The number of amides is 2. The van der Waals surface area contributed by atoms with Crippen LogP contribution in [0.1, 0.15) is 30.1 Å². The topological polar surface area (TPSA) is 103 Å². The number of anilines is 1. The fourth-order valence-electron chi connectivity index (χ4n) is 2.05. The summed E-state index contributed by atoms with van der Waals surface area (Å²) in [4.78, 5) is 24.0. The van der Waals surface area contributed by atoms with E-state index in [9.17, 15) is 9.59 Å². The van der Waals surface area contributed by atoms with E-state index in [0.717, 1.165) is 12.8 Å². The predicted molar refractivity (Wildman–Crippen MR) is 75.1 cm³/mol. The molecular weight excluding hydrogens is 274 g/mol. The van der Waals surface area contributed by atoms with E-state index in [2.05, 4.69) is 10.6 Å². The van der Waals surface area contributed by atoms with Crippen LogP contribution in [0.25, 0.3) is 0 Å². The van der Waals surface area contributed by atoms with Crippen molar-refractivity contribution in [3.05, 3.63) is 17.7 Å². The highest BCUT2D eigenvalue weighted by molar-refractivity contribution is 6.02. The number of nitrogens with two attached hydrogens (primary N) is 1. The molecule has 7 heteroatoms. The van der Waals surface area contributed by atoms with Crippen LogP contribution >= 0.6 is 0 Å². The van der Waals surface area contributed by atoms with Gasteiger partial charge in [0.05, 0.1) is 5.56 Å². The van der Waals surface area contributed by atoms with Gasteiger partial charge in [-0.25, -0.2) is 0 Å². The van der Waals surface area contributed by atoms with Crippen molar-refractivity contribution in [2.45, 2.75) is 31.8 Å². The van der Waals surface area contributed by atoms with Gasteiger partial charge in [-0.15, -0.1) is 0 Å². The van der Waals surface area contributed by atoms with Crippen LogP contribution in [-0.4, -0.2) is 30.7 Å². The Balaban J connectivity index is 1.68. The van der Waals surface area contributed by atoms with Gasteiger partial charge in [0, 0.05) is 17.8 Å². The first kappa shape index (κ1) is 13.5. The number of ether oxygens (including phenoxy) is 2. The lowest BCUT2D eigenvalue weighted by Crippen LogP contribution is -2.45. The summed E-state index contributed by atoms with van der Waals surface area (Å²) in [5, 5.41) is 5.47. The van der Waals surface area contributed by atoms with Crippen molar-refractivity contribution in [2.24, 2.45) is 0 Å². The number of nitrogen functional groups attached to an aromatic ring is 1. The van der Waals surface area contributed by atoms with Crippen molar-refractivity contribution in [1.29, 1.82) is 0 Å². The fourth-order valence-corrected chi connectivity index (χ4v) is 2.05. The Bertz CT molecular complexity index is 598. The van der Waals surface area contributed by atoms with Crippen LogP contribution in [0.5, 0.6) is 11.5 Å². The molecule has 7 nitrogen and oxygen atoms in total. The summed E-state index contributed by atoms with van der Waals surface area (Å²) in [7, 11) is 0. The van der Waals surface area contributed by atoms with Crippen LogP contribution in [0.15, 0.2) is 12.1 Å². The lowest BCUT2D eigenvalue weighted by atomic mass is 10.1. The zero-order valence-corrected chi connectivity index (χ0v) is 11.6. The summed E-state index contributed by atoms with van der Waals surface area (Å²) < 4.78 is 10.4. The molecular formula is C14H17N3O4. The van der Waals surface area contributed by atoms with Gasteiger partial charge in [0.25, 0.3) is 5.91 Å². The van der Waals surface area contributed by atoms with Crippen molar-refractivity contribution in [2.75, 3.05) is 12.5 Å². The number of rotatable bonds is 4. The van der Waals surface area contributed by atoms with Gasteiger partial charge in [0.1, 0.15) is 6.04 Å². The molecule has 2 amide bonds. The minimum absolute atomic E-state index is 0.111. The maximum atomic E-state index is 12.2. The number of carbonyl (C=O) groups excluding carboxylic acids is 2. The van der Waals surface area contributed by atoms with Gasteiger partial charge in [-0.3, -0.25) is 9.59 Å². The van der Waals surface area contributed by atoms with Crippen molar-refractivity contribution in [3.8, 4) is 11.5 Å². The largest absolute Gasteiger partial charge is 0.454 e. The Hall–Kier alpha value is -2.44. The molecule has 0 radical (unpaired) electrons. The molecule has 1 unspecified atom stereocenters. The number of hydrogen-bond acceptors (Lipinski definition) is 5. The molecule has 0 aromatic heterocycles. The second-order valence-corrected chi connectivity index (χ2v) is 5.27. The summed E-state index contributed by atoms with van der Waals surface area (Å²) >= 11 is 0. The molecule has 2 aliphatic rings. The summed E-state index contributed by atoms with van der Waals surface area (Å²) in [5.74, 6) is 0.391. The molecule has 3 rings (SSSR count). The lowest BCUT2D eigenvalue weighted by Gasteiger charge is -2.15. The first-order chi connectivity index (χ1) is 10.0. The summed E-state index contributed by atoms with van der Waals surface area (Å²) in [6, 6.07) is 2.71. The highest BCUT2D eigenvalue weighted by atomic mass is 16.7. The molecule has 1 aromatic rings. The van der Waals surface area contributed by atoms with Gasteiger partial charge in [0.2, 0.25) is 12.7 Å². The van der Waals surface area contributed by atoms with Crippen LogP contribution in [-0.2, 0) is 4.79 Å². The fraction of sp³-hybridized carbons (Fsp3) is 0.429. The van der Waals surface area contributed by atoms with E-state index in [1.807, 2.05) is 0 Å². The van der Waals surface area contributed by atoms with E-state index in [0.29, 0.717) is 11.5 Å². The van der Waals surface area contributed by atoms with Gasteiger partial charge in [-0.1, -0.05) is 0 Å². The molecule has 1 saturated carbocycles. The van der Waals surface area contributed by atoms with Gasteiger partial charge in [-0.2, -0.15) is 0 Å². The smallest absolute Gasteiger partial charge is 0.254 e. The molecule has 1 aliphatic heterocycles. The highest BCUT2D eigenvalue weighted by Gasteiger charge is 2.27. The third-order valence-corrected chi connectivity index (χ3v) is 3.45. The molecule has 0 spiro atoms. The van der Waals surface area contributed by atoms with Gasteiger partial charge >= 0.3 is 0 Å². The van der Waals surface area contributed by atoms with Crippen LogP contribution in [0.2, 0.25) is 0 Å². The molecule has 1 aromatic carbocycles. The van der Waals surface area contributed by atoms with Crippen molar-refractivity contribution >= 4 is 17.5 Å². The monoisotopic (exact) mass is 291 g/mol. The Morgan fingerprint density at radius 1 is 1.29 bits per heavy atom. The molecule has 1 heterocycles. The van der Waals surface area contributed by atoms with Crippen molar-refractivity contribution in [1.82, 2.24) is 10.6 Å². The number of fused-ring (bicyclic) bond motifs is 1. The van der Waals surface area contributed by atoms with E-state index in [1.54, 1.807) is 13.0 Å². The number of nitrogens with one attached hydrogen (secondary N) is 2. The molecule has 0 bridgehead atoms. The summed E-state index contributed by atoms with van der Waals surface area (Å²) in [6.45, 7) is 1.75. The van der Waals surface area contributed by atoms with Gasteiger partial charge in [0.15, 0.2) is 11.5 Å². The lowest BCUT2D eigenvalue weighted by molar-refractivity contribution is -0.122. The van der Waals surface area contributed by atoms with Crippen LogP contribution < -0.4 is 25.8 Å². The molecule has 4 N–H and O–H groups in total. The van der Waals surface area contributed by atoms with Crippen LogP contribution in [0.4, 0.5) is 5.69 Å². The first-order valence-corrected chi connectivity index (χ1v) is 6.85. The third-order valence-electron chi connectivity index (χ3n) is 3.45. The van der Waals surface area contributed by atoms with E-state index in [1.165, 1.54) is 6.07 Å². The van der Waals surface area contributed by atoms with Gasteiger partial charge < -0.3 is 25.8 Å². The highest BCUT2D eigenvalue weighted by Crippen LogP contribution is 2.35. The molecule has 1 fully saturated rings. The zero-order valence-electron chi connectivity index (χ0n) is 11.6. The Morgan fingerprint density at radius 3 is 2.62 bits per heavy atom. The zero-order chi connectivity index (χ0) is 15.0. The normalized spacial score (nSPS) is 17.2. The summed E-state index contributed by atoms with van der Waals surface area (Å²) in [6.07, 6.45) is 2.00. The number of benzene rings is 1. The maximum absolute atomic E-state index is 12.2. The maximum Gasteiger partial charge on any atom is 0.254 e. The third kappa shape index (κ3) is 2.86. The molecule has 112 valence electrons. The molecule has 21 heavy (non-hydrogen) atoms. The Labute approximate surface area is 121 Å². The molecule has 1 atom stereocenters. The van der Waals surface area contributed by atoms with E-state index in [4.69, 9.17) is 15.2 Å². The first-order valence-electron chi connectivity index (χ1n) is 6.85. The Kier molecular flexibility index (Phi) is 3.32. The van der Waals surface area contributed by atoms with Crippen molar-refractivity contribution in [3.63, 3.8) is 0 Å². The number of carbonyl (C=O) groups is 2. The Morgan fingerprint density at radius 2 is 1.95 bits per heavy atom. The van der Waals surface area contributed by atoms with Crippen LogP contribution in [0, 0.1) is 0 Å². The second-order valence-electron chi connectivity index (χ2n) is 5.27. The quantitative estimate of drug-likeness (QED) is 0.697. The standard InChI is InChI=1S/C14H17N3O4/c1-7(13(18)17-8-2-3-8)16-14(19)9-4-11-12(5-10(9)15)21-6-20-11/h4-5,7-8H,2-3,6,15H2,1H3,(H,16,19)(H,17,18). The SMILES string of the molecule is CC(NC(=O)c1cc2c(cc1N)OCO2)C(=O)NC1CC1. The van der Waals surface area contributed by atoms with E-state index < -0.39 is 11.9 Å². The van der Waals surface area contributed by atoms with Gasteiger partial charge in [-0.05, 0) is 25.8 Å². The summed E-state index contributed by atoms with van der Waals surface area (Å²) in [5.41, 5.74) is 6.39.